The molecule has 0 aliphatic rings. The van der Waals surface area contributed by atoms with Crippen molar-refractivity contribution in [2.24, 2.45) is 5.73 Å². The van der Waals surface area contributed by atoms with Crippen molar-refractivity contribution < 1.29 is 18.7 Å². The molecule has 2 rings (SSSR count). The van der Waals surface area contributed by atoms with E-state index < -0.39 is 17.6 Å². The van der Waals surface area contributed by atoms with E-state index in [1.165, 1.54) is 6.26 Å². The van der Waals surface area contributed by atoms with E-state index in [2.05, 4.69) is 0 Å². The standard InChI is InChI=1S/C16H19NO4/c1-16(2,3)21-15(19)12(17)8-13(18)11-9-20-14-7-5-4-6-10(11)14/h4-7,9,12H,8,17H2,1-3H3. The summed E-state index contributed by atoms with van der Waals surface area (Å²) in [6.45, 7) is 5.26. The highest BCUT2D eigenvalue weighted by atomic mass is 16.6. The maximum Gasteiger partial charge on any atom is 0.323 e. The highest BCUT2D eigenvalue weighted by Gasteiger charge is 2.25. The zero-order valence-electron chi connectivity index (χ0n) is 12.4. The Hall–Kier alpha value is -2.14. The van der Waals surface area contributed by atoms with Crippen LogP contribution in [0, 0.1) is 0 Å². The molecule has 0 radical (unpaired) electrons. The van der Waals surface area contributed by atoms with Crippen molar-refractivity contribution in [2.45, 2.75) is 38.8 Å². The van der Waals surface area contributed by atoms with Gasteiger partial charge < -0.3 is 14.9 Å². The van der Waals surface area contributed by atoms with Gasteiger partial charge >= 0.3 is 5.97 Å². The van der Waals surface area contributed by atoms with E-state index in [-0.39, 0.29) is 12.2 Å². The molecule has 1 unspecified atom stereocenters. The number of Topliss-reactive ketones (excluding diaryl/α,β-unsaturated/α-hetero) is 1. The van der Waals surface area contributed by atoms with Gasteiger partial charge in [-0.3, -0.25) is 9.59 Å². The number of hydrogen-bond donors (Lipinski definition) is 1. The van der Waals surface area contributed by atoms with Gasteiger partial charge in [-0.2, -0.15) is 0 Å². The lowest BCUT2D eigenvalue weighted by molar-refractivity contribution is -0.156. The molecule has 2 aromatic rings. The molecule has 2 N–H and O–H groups in total. The second-order valence-corrected chi connectivity index (χ2v) is 5.91. The summed E-state index contributed by atoms with van der Waals surface area (Å²) in [4.78, 5) is 24.1. The second-order valence-electron chi connectivity index (χ2n) is 5.91. The first kappa shape index (κ1) is 15.3. The Kier molecular flexibility index (Phi) is 4.14. The molecule has 1 heterocycles. The smallest absolute Gasteiger partial charge is 0.323 e. The van der Waals surface area contributed by atoms with Crippen LogP contribution in [-0.2, 0) is 9.53 Å². The highest BCUT2D eigenvalue weighted by Crippen LogP contribution is 2.22. The van der Waals surface area contributed by atoms with E-state index in [4.69, 9.17) is 14.9 Å². The number of furan rings is 1. The minimum Gasteiger partial charge on any atom is -0.464 e. The number of carbonyl (C=O) groups excluding carboxylic acids is 2. The van der Waals surface area contributed by atoms with E-state index in [0.29, 0.717) is 11.1 Å². The normalized spacial score (nSPS) is 13.1. The topological polar surface area (TPSA) is 82.5 Å². The monoisotopic (exact) mass is 289 g/mol. The first-order valence-corrected chi connectivity index (χ1v) is 6.76. The van der Waals surface area contributed by atoms with Crippen molar-refractivity contribution in [2.75, 3.05) is 0 Å². The minimum atomic E-state index is -0.981. The van der Waals surface area contributed by atoms with E-state index in [9.17, 15) is 9.59 Å². The molecule has 0 saturated heterocycles. The summed E-state index contributed by atoms with van der Waals surface area (Å²) < 4.78 is 10.5. The van der Waals surface area contributed by atoms with Gasteiger partial charge in [0.2, 0.25) is 0 Å². The molecule has 0 bridgehead atoms. The quantitative estimate of drug-likeness (QED) is 0.691. The summed E-state index contributed by atoms with van der Waals surface area (Å²) in [6.07, 6.45) is 1.28. The Morgan fingerprint density at radius 3 is 2.62 bits per heavy atom. The Balaban J connectivity index is 2.09. The van der Waals surface area contributed by atoms with E-state index in [1.54, 1.807) is 32.9 Å². The van der Waals surface area contributed by atoms with Gasteiger partial charge in [0.1, 0.15) is 23.5 Å². The van der Waals surface area contributed by atoms with Crippen molar-refractivity contribution >= 4 is 22.7 Å². The summed E-state index contributed by atoms with van der Waals surface area (Å²) in [5.41, 5.74) is 6.19. The number of carbonyl (C=O) groups is 2. The van der Waals surface area contributed by atoms with E-state index in [0.717, 1.165) is 5.39 Å². The number of para-hydroxylation sites is 1. The fourth-order valence-corrected chi connectivity index (χ4v) is 1.96. The predicted molar refractivity (Wildman–Crippen MR) is 79.0 cm³/mol. The van der Waals surface area contributed by atoms with Gasteiger partial charge in [-0.1, -0.05) is 18.2 Å². The second kappa shape index (κ2) is 5.69. The number of rotatable bonds is 4. The van der Waals surface area contributed by atoms with Crippen LogP contribution in [0.15, 0.2) is 34.9 Å². The van der Waals surface area contributed by atoms with E-state index in [1.807, 2.05) is 12.1 Å². The van der Waals surface area contributed by atoms with Gasteiger partial charge in [0, 0.05) is 11.8 Å². The van der Waals surface area contributed by atoms with Crippen LogP contribution in [0.2, 0.25) is 0 Å². The van der Waals surface area contributed by atoms with Gasteiger partial charge in [-0.05, 0) is 26.8 Å². The van der Waals surface area contributed by atoms with E-state index >= 15 is 0 Å². The molecule has 1 aromatic heterocycles. The van der Waals surface area contributed by atoms with Crippen LogP contribution in [0.5, 0.6) is 0 Å². The maximum atomic E-state index is 12.3. The molecular weight excluding hydrogens is 270 g/mol. The Labute approximate surface area is 123 Å². The Bertz CT molecular complexity index is 666. The van der Waals surface area contributed by atoms with Crippen LogP contribution in [-0.4, -0.2) is 23.4 Å². The fourth-order valence-electron chi connectivity index (χ4n) is 1.96. The summed E-state index contributed by atoms with van der Waals surface area (Å²) >= 11 is 0. The van der Waals surface area contributed by atoms with Crippen LogP contribution < -0.4 is 5.73 Å². The Morgan fingerprint density at radius 1 is 1.29 bits per heavy atom. The lowest BCUT2D eigenvalue weighted by Crippen LogP contribution is -2.38. The third-order valence-electron chi connectivity index (χ3n) is 2.90. The molecule has 0 fully saturated rings. The number of benzene rings is 1. The number of fused-ring (bicyclic) bond motifs is 1. The molecule has 0 spiro atoms. The molecule has 0 aliphatic heterocycles. The third kappa shape index (κ3) is 3.70. The van der Waals surface area contributed by atoms with Crippen molar-refractivity contribution in [1.82, 2.24) is 0 Å². The maximum absolute atomic E-state index is 12.3. The lowest BCUT2D eigenvalue weighted by atomic mass is 10.0. The summed E-state index contributed by atoms with van der Waals surface area (Å²) in [5.74, 6) is -0.818. The van der Waals surface area contributed by atoms with Gasteiger partial charge in [0.05, 0.1) is 5.56 Å². The van der Waals surface area contributed by atoms with Gasteiger partial charge in [-0.25, -0.2) is 0 Å². The van der Waals surface area contributed by atoms with Gasteiger partial charge in [0.15, 0.2) is 5.78 Å². The van der Waals surface area contributed by atoms with Gasteiger partial charge in [-0.15, -0.1) is 0 Å². The van der Waals surface area contributed by atoms with Crippen LogP contribution in [0.4, 0.5) is 0 Å². The average molecular weight is 289 g/mol. The zero-order chi connectivity index (χ0) is 15.6. The number of nitrogens with two attached hydrogens (primary N) is 1. The summed E-state index contributed by atoms with van der Waals surface area (Å²) in [5, 5.41) is 0.721. The molecule has 0 aliphatic carbocycles. The van der Waals surface area contributed by atoms with Crippen LogP contribution >= 0.6 is 0 Å². The predicted octanol–water partition coefficient (Wildman–Crippen LogP) is 2.67. The number of esters is 1. The zero-order valence-corrected chi connectivity index (χ0v) is 12.4. The molecule has 112 valence electrons. The highest BCUT2D eigenvalue weighted by molar-refractivity contribution is 6.08. The Morgan fingerprint density at radius 2 is 1.95 bits per heavy atom. The summed E-state index contributed by atoms with van der Waals surface area (Å²) in [6, 6.07) is 6.24. The summed E-state index contributed by atoms with van der Waals surface area (Å²) in [7, 11) is 0. The van der Waals surface area contributed by atoms with Crippen molar-refractivity contribution in [3.63, 3.8) is 0 Å². The number of ketones is 1. The minimum absolute atomic E-state index is 0.113. The molecule has 5 nitrogen and oxygen atoms in total. The number of ether oxygens (including phenoxy) is 1. The lowest BCUT2D eigenvalue weighted by Gasteiger charge is -2.21. The van der Waals surface area contributed by atoms with Crippen LogP contribution in [0.25, 0.3) is 11.0 Å². The molecule has 5 heteroatoms. The van der Waals surface area contributed by atoms with Gasteiger partial charge in [0.25, 0.3) is 0 Å². The molecule has 1 atom stereocenters. The SMILES string of the molecule is CC(C)(C)OC(=O)C(N)CC(=O)c1coc2ccccc12. The van der Waals surface area contributed by atoms with Crippen molar-refractivity contribution in [3.8, 4) is 0 Å². The van der Waals surface area contributed by atoms with Crippen LogP contribution in [0.3, 0.4) is 0 Å². The van der Waals surface area contributed by atoms with Crippen molar-refractivity contribution in [3.05, 3.63) is 36.1 Å². The van der Waals surface area contributed by atoms with Crippen LogP contribution in [0.1, 0.15) is 37.6 Å². The average Bonchev–Trinajstić information content (AvgIpc) is 2.80. The first-order valence-electron chi connectivity index (χ1n) is 6.76. The third-order valence-corrected chi connectivity index (χ3v) is 2.90. The molecular formula is C16H19NO4. The number of hydrogen-bond acceptors (Lipinski definition) is 5. The van der Waals surface area contributed by atoms with Crippen molar-refractivity contribution in [1.29, 1.82) is 0 Å². The first-order chi connectivity index (χ1) is 9.78. The fraction of sp³-hybridized carbons (Fsp3) is 0.375. The molecule has 1 aromatic carbocycles. The molecule has 0 amide bonds. The molecule has 0 saturated carbocycles. The molecule has 21 heavy (non-hydrogen) atoms. The largest absolute Gasteiger partial charge is 0.464 e.